The van der Waals surface area contributed by atoms with E-state index in [1.54, 1.807) is 0 Å². The minimum atomic E-state index is -0.527. The number of piperidine rings is 1. The Morgan fingerprint density at radius 2 is 1.87 bits per heavy atom. The number of aliphatic hydroxyl groups is 2. The molecule has 0 unspecified atom stereocenters. The second-order valence-electron chi connectivity index (χ2n) is 6.03. The highest BCUT2D eigenvalue weighted by Gasteiger charge is 2.24. The van der Waals surface area contributed by atoms with Gasteiger partial charge in [0.15, 0.2) is 0 Å². The summed E-state index contributed by atoms with van der Waals surface area (Å²) in [5.74, 6) is 1.55. The Balaban J connectivity index is 1.76. The molecule has 0 amide bonds. The maximum atomic E-state index is 10.2. The molecule has 0 radical (unpaired) electrons. The van der Waals surface area contributed by atoms with E-state index in [1.165, 1.54) is 6.42 Å². The van der Waals surface area contributed by atoms with Gasteiger partial charge in [0.05, 0.1) is 6.61 Å². The zero-order valence-corrected chi connectivity index (χ0v) is 14.0. The molecule has 1 heterocycles. The average Bonchev–Trinajstić information content (AvgIpc) is 2.57. The lowest BCUT2D eigenvalue weighted by Gasteiger charge is -2.36. The van der Waals surface area contributed by atoms with Crippen LogP contribution < -0.4 is 9.47 Å². The van der Waals surface area contributed by atoms with Crippen molar-refractivity contribution in [1.82, 2.24) is 4.90 Å². The third kappa shape index (κ3) is 6.01. The molecule has 1 fully saturated rings. The molecule has 130 valence electrons. The standard InChI is InChI=1S/C18H29NO4/c1-2-22-17-6-8-18(9-7-17)23-14-16(21)13-19-11-4-3-5-15(19)10-12-20/h6-9,15-16,20-21H,2-5,10-14H2,1H3/t15-,16-/m0/s1. The van der Waals surface area contributed by atoms with Crippen LogP contribution in [0.25, 0.3) is 0 Å². The highest BCUT2D eigenvalue weighted by atomic mass is 16.5. The van der Waals surface area contributed by atoms with Gasteiger partial charge in [-0.1, -0.05) is 6.42 Å². The van der Waals surface area contributed by atoms with E-state index in [0.29, 0.717) is 19.2 Å². The first-order valence-corrected chi connectivity index (χ1v) is 8.61. The van der Waals surface area contributed by atoms with Gasteiger partial charge in [0.25, 0.3) is 0 Å². The number of β-amino-alcohol motifs (C(OH)–C–C–N with tert-alkyl or cyclic N) is 1. The molecule has 0 aliphatic carbocycles. The number of ether oxygens (including phenoxy) is 2. The van der Waals surface area contributed by atoms with E-state index < -0.39 is 6.10 Å². The molecular weight excluding hydrogens is 294 g/mol. The van der Waals surface area contributed by atoms with Gasteiger partial charge in [0, 0.05) is 19.2 Å². The molecule has 23 heavy (non-hydrogen) atoms. The molecule has 1 aliphatic heterocycles. The van der Waals surface area contributed by atoms with Crippen molar-refractivity contribution in [2.24, 2.45) is 0 Å². The second kappa shape index (κ2) is 9.75. The number of benzene rings is 1. The monoisotopic (exact) mass is 323 g/mol. The van der Waals surface area contributed by atoms with Crippen LogP contribution in [0, 0.1) is 0 Å². The normalized spacial score (nSPS) is 20.2. The van der Waals surface area contributed by atoms with Gasteiger partial charge < -0.3 is 19.7 Å². The Morgan fingerprint density at radius 1 is 1.17 bits per heavy atom. The van der Waals surface area contributed by atoms with E-state index in [9.17, 15) is 5.11 Å². The van der Waals surface area contributed by atoms with Crippen molar-refractivity contribution >= 4 is 0 Å². The number of likely N-dealkylation sites (tertiary alicyclic amines) is 1. The zero-order chi connectivity index (χ0) is 16.5. The molecule has 1 saturated heterocycles. The highest BCUT2D eigenvalue weighted by Crippen LogP contribution is 2.20. The van der Waals surface area contributed by atoms with Gasteiger partial charge in [-0.3, -0.25) is 4.90 Å². The van der Waals surface area contributed by atoms with Crippen LogP contribution in [0.5, 0.6) is 11.5 Å². The summed E-state index contributed by atoms with van der Waals surface area (Å²) in [6, 6.07) is 7.83. The molecule has 1 aromatic carbocycles. The number of nitrogens with zero attached hydrogens (tertiary/aromatic N) is 1. The first-order chi connectivity index (χ1) is 11.2. The molecule has 0 saturated carbocycles. The van der Waals surface area contributed by atoms with Crippen molar-refractivity contribution in [1.29, 1.82) is 0 Å². The van der Waals surface area contributed by atoms with Crippen molar-refractivity contribution in [2.45, 2.75) is 44.8 Å². The van der Waals surface area contributed by atoms with Crippen molar-refractivity contribution in [2.75, 3.05) is 32.9 Å². The minimum Gasteiger partial charge on any atom is -0.494 e. The van der Waals surface area contributed by atoms with Gasteiger partial charge in [-0.2, -0.15) is 0 Å². The minimum absolute atomic E-state index is 0.208. The summed E-state index contributed by atoms with van der Waals surface area (Å²) in [5, 5.41) is 19.4. The molecular formula is C18H29NO4. The van der Waals surface area contributed by atoms with Gasteiger partial charge in [-0.15, -0.1) is 0 Å². The van der Waals surface area contributed by atoms with Gasteiger partial charge in [0.2, 0.25) is 0 Å². The molecule has 2 N–H and O–H groups in total. The first-order valence-electron chi connectivity index (χ1n) is 8.61. The van der Waals surface area contributed by atoms with E-state index in [-0.39, 0.29) is 13.2 Å². The smallest absolute Gasteiger partial charge is 0.119 e. The SMILES string of the molecule is CCOc1ccc(OC[C@@H](O)CN2CCCC[C@H]2CCO)cc1. The Bertz CT molecular complexity index is 435. The summed E-state index contributed by atoms with van der Waals surface area (Å²) in [7, 11) is 0. The topological polar surface area (TPSA) is 62.2 Å². The molecule has 0 aromatic heterocycles. The van der Waals surface area contributed by atoms with Gasteiger partial charge >= 0.3 is 0 Å². The van der Waals surface area contributed by atoms with Crippen molar-refractivity contribution in [3.63, 3.8) is 0 Å². The lowest BCUT2D eigenvalue weighted by molar-refractivity contribution is 0.0332. The fourth-order valence-electron chi connectivity index (χ4n) is 3.09. The summed E-state index contributed by atoms with van der Waals surface area (Å²) in [5.41, 5.74) is 0. The predicted molar refractivity (Wildman–Crippen MR) is 90.0 cm³/mol. The molecule has 5 heteroatoms. The zero-order valence-electron chi connectivity index (χ0n) is 14.0. The third-order valence-electron chi connectivity index (χ3n) is 4.23. The van der Waals surface area contributed by atoms with Crippen molar-refractivity contribution in [3.8, 4) is 11.5 Å². The van der Waals surface area contributed by atoms with Crippen LogP contribution in [0.15, 0.2) is 24.3 Å². The molecule has 1 aromatic rings. The maximum Gasteiger partial charge on any atom is 0.119 e. The second-order valence-corrected chi connectivity index (χ2v) is 6.03. The first kappa shape index (κ1) is 18.0. The van der Waals surface area contributed by atoms with E-state index in [1.807, 2.05) is 31.2 Å². The largest absolute Gasteiger partial charge is 0.494 e. The molecule has 0 spiro atoms. The lowest BCUT2D eigenvalue weighted by atomic mass is 9.99. The Morgan fingerprint density at radius 3 is 2.52 bits per heavy atom. The van der Waals surface area contributed by atoms with Crippen LogP contribution in [0.4, 0.5) is 0 Å². The van der Waals surface area contributed by atoms with Gasteiger partial charge in [-0.05, 0) is 57.0 Å². The van der Waals surface area contributed by atoms with Crippen LogP contribution in [0.1, 0.15) is 32.6 Å². The molecule has 0 bridgehead atoms. The summed E-state index contributed by atoms with van der Waals surface area (Å²) in [6.07, 6.45) is 3.73. The molecule has 2 atom stereocenters. The van der Waals surface area contributed by atoms with Gasteiger partial charge in [-0.25, -0.2) is 0 Å². The third-order valence-corrected chi connectivity index (χ3v) is 4.23. The maximum absolute atomic E-state index is 10.2. The van der Waals surface area contributed by atoms with E-state index in [4.69, 9.17) is 14.6 Å². The fraction of sp³-hybridized carbons (Fsp3) is 0.667. The van der Waals surface area contributed by atoms with Crippen LogP contribution in [0.3, 0.4) is 0 Å². The van der Waals surface area contributed by atoms with Crippen LogP contribution in [-0.4, -0.2) is 60.2 Å². The molecule has 5 nitrogen and oxygen atoms in total. The number of hydrogen-bond donors (Lipinski definition) is 2. The summed E-state index contributed by atoms with van der Waals surface area (Å²) in [4.78, 5) is 2.28. The van der Waals surface area contributed by atoms with E-state index in [2.05, 4.69) is 4.90 Å². The summed E-state index contributed by atoms with van der Waals surface area (Å²) in [6.45, 7) is 4.66. The van der Waals surface area contributed by atoms with Crippen molar-refractivity contribution in [3.05, 3.63) is 24.3 Å². The lowest BCUT2D eigenvalue weighted by Crippen LogP contribution is -2.45. The quantitative estimate of drug-likeness (QED) is 0.728. The highest BCUT2D eigenvalue weighted by molar-refractivity contribution is 5.31. The van der Waals surface area contributed by atoms with Crippen LogP contribution in [0.2, 0.25) is 0 Å². The van der Waals surface area contributed by atoms with Crippen LogP contribution >= 0.6 is 0 Å². The van der Waals surface area contributed by atoms with E-state index >= 15 is 0 Å². The Labute approximate surface area is 138 Å². The number of hydrogen-bond acceptors (Lipinski definition) is 5. The molecule has 2 rings (SSSR count). The summed E-state index contributed by atoms with van der Waals surface area (Å²) < 4.78 is 11.0. The number of aliphatic hydroxyl groups excluding tert-OH is 2. The fourth-order valence-corrected chi connectivity index (χ4v) is 3.09. The molecule has 1 aliphatic rings. The Kier molecular flexibility index (Phi) is 7.65. The van der Waals surface area contributed by atoms with Gasteiger partial charge in [0.1, 0.15) is 24.2 Å². The summed E-state index contributed by atoms with van der Waals surface area (Å²) >= 11 is 0. The van der Waals surface area contributed by atoms with Crippen molar-refractivity contribution < 1.29 is 19.7 Å². The van der Waals surface area contributed by atoms with E-state index in [0.717, 1.165) is 37.3 Å². The Hall–Kier alpha value is -1.30. The number of rotatable bonds is 9. The van der Waals surface area contributed by atoms with Crippen LogP contribution in [-0.2, 0) is 0 Å². The predicted octanol–water partition coefficient (Wildman–Crippen LogP) is 2.06. The average molecular weight is 323 g/mol.